The number of halogens is 1. The van der Waals surface area contributed by atoms with Gasteiger partial charge in [-0.1, -0.05) is 34.1 Å². The van der Waals surface area contributed by atoms with E-state index in [1.54, 1.807) is 0 Å². The molecule has 18 heavy (non-hydrogen) atoms. The minimum absolute atomic E-state index is 0.509. The minimum Gasteiger partial charge on any atom is -0.309 e. The van der Waals surface area contributed by atoms with Crippen molar-refractivity contribution in [1.29, 1.82) is 0 Å². The highest BCUT2D eigenvalue weighted by Gasteiger charge is 2.09. The van der Waals surface area contributed by atoms with E-state index in [0.29, 0.717) is 6.04 Å². The highest BCUT2D eigenvalue weighted by Crippen LogP contribution is 2.18. The summed E-state index contributed by atoms with van der Waals surface area (Å²) in [5.74, 6) is 0. The molecule has 0 aliphatic carbocycles. The van der Waals surface area contributed by atoms with E-state index in [0.717, 1.165) is 30.5 Å². The zero-order valence-electron chi connectivity index (χ0n) is 11.0. The van der Waals surface area contributed by atoms with Crippen molar-refractivity contribution in [3.05, 3.63) is 30.0 Å². The molecule has 0 saturated carbocycles. The molecule has 3 nitrogen and oxygen atoms in total. The summed E-state index contributed by atoms with van der Waals surface area (Å²) in [5.41, 5.74) is 2.37. The zero-order chi connectivity index (χ0) is 13.0. The molecule has 1 unspecified atom stereocenters. The van der Waals surface area contributed by atoms with E-state index >= 15 is 0 Å². The minimum atomic E-state index is 0.509. The van der Waals surface area contributed by atoms with Crippen LogP contribution in [0.2, 0.25) is 0 Å². The Morgan fingerprint density at radius 2 is 2.17 bits per heavy atom. The maximum absolute atomic E-state index is 4.68. The van der Waals surface area contributed by atoms with Gasteiger partial charge in [0.25, 0.3) is 0 Å². The monoisotopic (exact) mass is 309 g/mol. The van der Waals surface area contributed by atoms with Crippen LogP contribution in [0.25, 0.3) is 10.9 Å². The number of rotatable bonds is 6. The Hall–Kier alpha value is -0.870. The average Bonchev–Trinajstić information content (AvgIpc) is 2.75. The van der Waals surface area contributed by atoms with Crippen molar-refractivity contribution in [2.24, 2.45) is 0 Å². The third kappa shape index (κ3) is 2.93. The van der Waals surface area contributed by atoms with Gasteiger partial charge in [-0.25, -0.2) is 0 Å². The number of hydrogen-bond donors (Lipinski definition) is 1. The number of aryl methyl sites for hydroxylation is 1. The lowest BCUT2D eigenvalue weighted by Gasteiger charge is -2.10. The fourth-order valence-corrected chi connectivity index (χ4v) is 2.79. The summed E-state index contributed by atoms with van der Waals surface area (Å²) in [6.07, 6.45) is 1.13. The number of fused-ring (bicyclic) bond motifs is 1. The van der Waals surface area contributed by atoms with Crippen LogP contribution < -0.4 is 5.32 Å². The highest BCUT2D eigenvalue weighted by atomic mass is 79.9. The molecular weight excluding hydrogens is 290 g/mol. The van der Waals surface area contributed by atoms with Gasteiger partial charge in [-0.2, -0.15) is 5.10 Å². The Labute approximate surface area is 117 Å². The third-order valence-electron chi connectivity index (χ3n) is 3.19. The van der Waals surface area contributed by atoms with Crippen LogP contribution in [-0.2, 0) is 13.1 Å². The number of alkyl halides is 1. The second-order valence-electron chi connectivity index (χ2n) is 4.54. The summed E-state index contributed by atoms with van der Waals surface area (Å²) in [7, 11) is 0. The van der Waals surface area contributed by atoms with Crippen molar-refractivity contribution in [2.45, 2.75) is 39.4 Å². The molecule has 1 N–H and O–H groups in total. The second-order valence-corrected chi connectivity index (χ2v) is 5.33. The van der Waals surface area contributed by atoms with Crippen LogP contribution in [0.1, 0.15) is 26.0 Å². The lowest BCUT2D eigenvalue weighted by Crippen LogP contribution is -2.26. The maximum atomic E-state index is 4.68. The van der Waals surface area contributed by atoms with Crippen molar-refractivity contribution < 1.29 is 0 Å². The largest absolute Gasteiger partial charge is 0.309 e. The van der Waals surface area contributed by atoms with Gasteiger partial charge in [0.2, 0.25) is 0 Å². The van der Waals surface area contributed by atoms with Gasteiger partial charge in [-0.3, -0.25) is 4.68 Å². The van der Waals surface area contributed by atoms with Gasteiger partial charge in [0, 0.05) is 29.8 Å². The Bertz CT molecular complexity index is 507. The van der Waals surface area contributed by atoms with E-state index < -0.39 is 0 Å². The zero-order valence-corrected chi connectivity index (χ0v) is 12.6. The summed E-state index contributed by atoms with van der Waals surface area (Å²) in [6, 6.07) is 8.95. The number of nitrogens with one attached hydrogen (secondary N) is 1. The summed E-state index contributed by atoms with van der Waals surface area (Å²) in [4.78, 5) is 0. The molecule has 0 spiro atoms. The molecule has 4 heteroatoms. The molecule has 2 aromatic rings. The van der Waals surface area contributed by atoms with Crippen LogP contribution in [0.15, 0.2) is 24.3 Å². The highest BCUT2D eigenvalue weighted by molar-refractivity contribution is 9.09. The van der Waals surface area contributed by atoms with Crippen molar-refractivity contribution in [2.75, 3.05) is 5.33 Å². The second kappa shape index (κ2) is 6.34. The number of aromatic nitrogens is 2. The number of hydrogen-bond acceptors (Lipinski definition) is 2. The van der Waals surface area contributed by atoms with E-state index in [1.165, 1.54) is 10.9 Å². The van der Waals surface area contributed by atoms with Crippen molar-refractivity contribution in [3.63, 3.8) is 0 Å². The summed E-state index contributed by atoms with van der Waals surface area (Å²) in [6.45, 7) is 6.09. The molecule has 2 rings (SSSR count). The molecule has 0 aliphatic rings. The van der Waals surface area contributed by atoms with Gasteiger partial charge >= 0.3 is 0 Å². The fraction of sp³-hybridized carbons (Fsp3) is 0.500. The molecular formula is C14H20BrN3. The van der Waals surface area contributed by atoms with E-state index in [4.69, 9.17) is 0 Å². The Morgan fingerprint density at radius 3 is 2.89 bits per heavy atom. The Morgan fingerprint density at radius 1 is 1.39 bits per heavy atom. The average molecular weight is 310 g/mol. The maximum Gasteiger partial charge on any atom is 0.0841 e. The first kappa shape index (κ1) is 13.6. The lowest BCUT2D eigenvalue weighted by molar-refractivity contribution is 0.528. The van der Waals surface area contributed by atoms with Gasteiger partial charge < -0.3 is 5.32 Å². The summed E-state index contributed by atoms with van der Waals surface area (Å²) < 4.78 is 2.07. The molecule has 0 radical (unpaired) electrons. The molecule has 1 aromatic heterocycles. The van der Waals surface area contributed by atoms with Gasteiger partial charge in [-0.15, -0.1) is 0 Å². The number of benzene rings is 1. The first-order valence-corrected chi connectivity index (χ1v) is 7.62. The molecule has 0 fully saturated rings. The van der Waals surface area contributed by atoms with Crippen LogP contribution in [0, 0.1) is 0 Å². The Kier molecular flexibility index (Phi) is 4.78. The predicted molar refractivity (Wildman–Crippen MR) is 80.1 cm³/mol. The van der Waals surface area contributed by atoms with Crippen LogP contribution >= 0.6 is 15.9 Å². The first-order chi connectivity index (χ1) is 8.76. The molecule has 0 saturated heterocycles. The van der Waals surface area contributed by atoms with E-state index in [-0.39, 0.29) is 0 Å². The van der Waals surface area contributed by atoms with Gasteiger partial charge in [0.15, 0.2) is 0 Å². The van der Waals surface area contributed by atoms with Crippen molar-refractivity contribution in [3.8, 4) is 0 Å². The predicted octanol–water partition coefficient (Wildman–Crippen LogP) is 3.32. The third-order valence-corrected chi connectivity index (χ3v) is 3.65. The molecule has 1 heterocycles. The lowest BCUT2D eigenvalue weighted by atomic mass is 10.2. The van der Waals surface area contributed by atoms with Crippen molar-refractivity contribution >= 4 is 26.8 Å². The van der Waals surface area contributed by atoms with Crippen molar-refractivity contribution in [1.82, 2.24) is 15.1 Å². The quantitative estimate of drug-likeness (QED) is 0.830. The van der Waals surface area contributed by atoms with Gasteiger partial charge in [0.1, 0.15) is 0 Å². The molecule has 0 bridgehead atoms. The van der Waals surface area contributed by atoms with Crippen LogP contribution in [0.5, 0.6) is 0 Å². The normalized spacial score (nSPS) is 13.1. The van der Waals surface area contributed by atoms with Gasteiger partial charge in [0.05, 0.1) is 11.2 Å². The standard InChI is InChI=1S/C14H20BrN3/c1-3-18-14-7-5-4-6-12(14)13(17-18)10-16-11(2)8-9-15/h4-7,11,16H,3,8-10H2,1-2H3. The van der Waals surface area contributed by atoms with E-state index in [2.05, 4.69) is 69.1 Å². The van der Waals surface area contributed by atoms with Crippen LogP contribution in [0.4, 0.5) is 0 Å². The summed E-state index contributed by atoms with van der Waals surface area (Å²) >= 11 is 3.47. The number of nitrogens with zero attached hydrogens (tertiary/aromatic N) is 2. The van der Waals surface area contributed by atoms with Gasteiger partial charge in [-0.05, 0) is 26.3 Å². The molecule has 0 aliphatic heterocycles. The summed E-state index contributed by atoms with van der Waals surface area (Å²) in [5, 5.41) is 10.5. The van der Waals surface area contributed by atoms with Crippen LogP contribution in [-0.4, -0.2) is 21.2 Å². The molecule has 0 amide bonds. The molecule has 98 valence electrons. The first-order valence-electron chi connectivity index (χ1n) is 6.50. The molecule has 1 aromatic carbocycles. The van der Waals surface area contributed by atoms with E-state index in [1.807, 2.05) is 0 Å². The smallest absolute Gasteiger partial charge is 0.0841 e. The SMILES string of the molecule is CCn1nc(CNC(C)CCBr)c2ccccc21. The topological polar surface area (TPSA) is 29.9 Å². The number of para-hydroxylation sites is 1. The fourth-order valence-electron chi connectivity index (χ4n) is 2.10. The van der Waals surface area contributed by atoms with E-state index in [9.17, 15) is 0 Å². The Balaban J connectivity index is 2.18. The molecule has 1 atom stereocenters. The van der Waals surface area contributed by atoms with Crippen LogP contribution in [0.3, 0.4) is 0 Å².